The van der Waals surface area contributed by atoms with Gasteiger partial charge in [0.25, 0.3) is 0 Å². The fourth-order valence-corrected chi connectivity index (χ4v) is 3.15. The summed E-state index contributed by atoms with van der Waals surface area (Å²) in [4.78, 5) is 14.2. The molecule has 2 N–H and O–H groups in total. The quantitative estimate of drug-likeness (QED) is 0.755. The largest absolute Gasteiger partial charge is 0.444 e. The van der Waals surface area contributed by atoms with Crippen LogP contribution < -0.4 is 10.6 Å². The van der Waals surface area contributed by atoms with E-state index in [0.29, 0.717) is 18.6 Å². The van der Waals surface area contributed by atoms with Gasteiger partial charge in [0.15, 0.2) is 0 Å². The van der Waals surface area contributed by atoms with E-state index in [0.717, 1.165) is 18.8 Å². The third-order valence-corrected chi connectivity index (χ3v) is 4.50. The highest BCUT2D eigenvalue weighted by Gasteiger charge is 2.24. The molecule has 0 aliphatic carbocycles. The molecule has 1 saturated heterocycles. The van der Waals surface area contributed by atoms with Crippen LogP contribution in [0.1, 0.15) is 60.3 Å². The maximum atomic E-state index is 11.8. The lowest BCUT2D eigenvalue weighted by Crippen LogP contribution is -2.49. The second-order valence-corrected chi connectivity index (χ2v) is 7.96. The molecule has 0 aromatic rings. The predicted octanol–water partition coefficient (Wildman–Crippen LogP) is 3.00. The van der Waals surface area contributed by atoms with Crippen molar-refractivity contribution in [3.05, 3.63) is 0 Å². The summed E-state index contributed by atoms with van der Waals surface area (Å²) in [5.41, 5.74) is -0.445. The molecule has 23 heavy (non-hydrogen) atoms. The molecule has 1 fully saturated rings. The Morgan fingerprint density at radius 3 is 2.43 bits per heavy atom. The van der Waals surface area contributed by atoms with E-state index in [1.54, 1.807) is 0 Å². The lowest BCUT2D eigenvalue weighted by Gasteiger charge is -2.35. The maximum absolute atomic E-state index is 11.8. The minimum absolute atomic E-state index is 0.308. The van der Waals surface area contributed by atoms with Crippen LogP contribution in [-0.2, 0) is 4.74 Å². The first-order valence-corrected chi connectivity index (χ1v) is 9.12. The summed E-state index contributed by atoms with van der Waals surface area (Å²) >= 11 is 0. The summed E-state index contributed by atoms with van der Waals surface area (Å²) in [7, 11) is 2.19. The third-order valence-electron chi connectivity index (χ3n) is 4.50. The van der Waals surface area contributed by atoms with Crippen molar-refractivity contribution in [1.82, 2.24) is 15.5 Å². The van der Waals surface area contributed by atoms with Crippen molar-refractivity contribution in [2.45, 2.75) is 78.0 Å². The van der Waals surface area contributed by atoms with Gasteiger partial charge in [0.2, 0.25) is 0 Å². The van der Waals surface area contributed by atoms with Crippen molar-refractivity contribution < 1.29 is 9.53 Å². The molecule has 0 spiro atoms. The van der Waals surface area contributed by atoms with Crippen LogP contribution in [0.3, 0.4) is 0 Å². The van der Waals surface area contributed by atoms with Gasteiger partial charge < -0.3 is 20.3 Å². The van der Waals surface area contributed by atoms with Gasteiger partial charge in [-0.1, -0.05) is 13.3 Å². The van der Waals surface area contributed by atoms with E-state index >= 15 is 0 Å². The molecule has 2 unspecified atom stereocenters. The lowest BCUT2D eigenvalue weighted by molar-refractivity contribution is 0.0519. The standard InChI is InChI=1S/C18H37N3O2/c1-7-8-16(13-19-17(22)23-18(3,4)5)20-14(2)15-9-11-21(6)12-10-15/h14-16,20H,7-13H2,1-6H3,(H,19,22). The van der Waals surface area contributed by atoms with Gasteiger partial charge in [-0.2, -0.15) is 0 Å². The van der Waals surface area contributed by atoms with Crippen LogP contribution in [0.4, 0.5) is 4.79 Å². The molecule has 136 valence electrons. The molecule has 1 aliphatic rings. The molecule has 0 aromatic carbocycles. The highest BCUT2D eigenvalue weighted by atomic mass is 16.6. The fourth-order valence-electron chi connectivity index (χ4n) is 3.15. The average Bonchev–Trinajstić information content (AvgIpc) is 2.44. The van der Waals surface area contributed by atoms with Crippen LogP contribution >= 0.6 is 0 Å². The minimum atomic E-state index is -0.445. The van der Waals surface area contributed by atoms with Crippen LogP contribution in [0.15, 0.2) is 0 Å². The summed E-state index contributed by atoms with van der Waals surface area (Å²) in [6, 6.07) is 0.794. The van der Waals surface area contributed by atoms with Gasteiger partial charge in [-0.05, 0) is 73.0 Å². The molecule has 0 aromatic heterocycles. The van der Waals surface area contributed by atoms with E-state index in [1.807, 2.05) is 20.8 Å². The molecule has 5 nitrogen and oxygen atoms in total. The Hall–Kier alpha value is -0.810. The Labute approximate surface area is 142 Å². The van der Waals surface area contributed by atoms with Crippen molar-refractivity contribution in [2.75, 3.05) is 26.7 Å². The molecule has 1 heterocycles. The van der Waals surface area contributed by atoms with E-state index in [9.17, 15) is 4.79 Å². The first-order valence-electron chi connectivity index (χ1n) is 9.12. The number of nitrogens with zero attached hydrogens (tertiary/aromatic N) is 1. The monoisotopic (exact) mass is 327 g/mol. The van der Waals surface area contributed by atoms with Crippen LogP contribution in [0.5, 0.6) is 0 Å². The zero-order chi connectivity index (χ0) is 17.5. The molecule has 1 rings (SSSR count). The number of carbonyl (C=O) groups excluding carboxylic acids is 1. The molecule has 1 amide bonds. The third kappa shape index (κ3) is 8.56. The van der Waals surface area contributed by atoms with Crippen molar-refractivity contribution in [3.8, 4) is 0 Å². The normalized spacial score (nSPS) is 20.1. The van der Waals surface area contributed by atoms with Crippen molar-refractivity contribution in [1.29, 1.82) is 0 Å². The Bertz CT molecular complexity index is 347. The Morgan fingerprint density at radius 1 is 1.30 bits per heavy atom. The van der Waals surface area contributed by atoms with Crippen molar-refractivity contribution >= 4 is 6.09 Å². The zero-order valence-electron chi connectivity index (χ0n) is 15.9. The average molecular weight is 328 g/mol. The van der Waals surface area contributed by atoms with Crippen LogP contribution in [-0.4, -0.2) is 55.4 Å². The first kappa shape index (κ1) is 20.2. The lowest BCUT2D eigenvalue weighted by atomic mass is 9.90. The molecule has 0 saturated carbocycles. The fraction of sp³-hybridized carbons (Fsp3) is 0.944. The molecular formula is C18H37N3O2. The maximum Gasteiger partial charge on any atom is 0.407 e. The number of hydrogen-bond acceptors (Lipinski definition) is 4. The summed E-state index contributed by atoms with van der Waals surface area (Å²) in [5, 5.41) is 6.64. The van der Waals surface area contributed by atoms with Gasteiger partial charge in [0.1, 0.15) is 5.60 Å². The Balaban J connectivity index is 2.40. The first-order chi connectivity index (χ1) is 10.7. The second-order valence-electron chi connectivity index (χ2n) is 7.96. The summed E-state index contributed by atoms with van der Waals surface area (Å²) in [5.74, 6) is 0.729. The Kier molecular flexibility index (Phi) is 8.34. The number of amides is 1. The zero-order valence-corrected chi connectivity index (χ0v) is 15.9. The molecule has 0 radical (unpaired) electrons. The molecule has 1 aliphatic heterocycles. The van der Waals surface area contributed by atoms with E-state index < -0.39 is 5.60 Å². The highest BCUT2D eigenvalue weighted by molar-refractivity contribution is 5.67. The number of alkyl carbamates (subject to hydrolysis) is 1. The minimum Gasteiger partial charge on any atom is -0.444 e. The number of piperidine rings is 1. The van der Waals surface area contributed by atoms with Crippen LogP contribution in [0, 0.1) is 5.92 Å². The molecular weight excluding hydrogens is 290 g/mol. The van der Waals surface area contributed by atoms with E-state index in [2.05, 4.69) is 36.4 Å². The second kappa shape index (κ2) is 9.48. The molecule has 0 bridgehead atoms. The molecule has 2 atom stereocenters. The van der Waals surface area contributed by atoms with E-state index in [4.69, 9.17) is 4.74 Å². The van der Waals surface area contributed by atoms with Crippen molar-refractivity contribution in [2.24, 2.45) is 5.92 Å². The predicted molar refractivity (Wildman–Crippen MR) is 95.8 cm³/mol. The number of hydrogen-bond donors (Lipinski definition) is 2. The van der Waals surface area contributed by atoms with Gasteiger partial charge in [0.05, 0.1) is 0 Å². The van der Waals surface area contributed by atoms with Gasteiger partial charge in [-0.3, -0.25) is 0 Å². The van der Waals surface area contributed by atoms with Gasteiger partial charge >= 0.3 is 6.09 Å². The topological polar surface area (TPSA) is 53.6 Å². The summed E-state index contributed by atoms with van der Waals surface area (Å²) in [6.07, 6.45) is 4.35. The summed E-state index contributed by atoms with van der Waals surface area (Å²) < 4.78 is 5.32. The van der Waals surface area contributed by atoms with Crippen LogP contribution in [0.2, 0.25) is 0 Å². The number of carbonyl (C=O) groups is 1. The highest BCUT2D eigenvalue weighted by Crippen LogP contribution is 2.20. The van der Waals surface area contributed by atoms with E-state index in [-0.39, 0.29) is 6.09 Å². The number of ether oxygens (including phenoxy) is 1. The molecule has 5 heteroatoms. The van der Waals surface area contributed by atoms with Crippen molar-refractivity contribution in [3.63, 3.8) is 0 Å². The SMILES string of the molecule is CCCC(CNC(=O)OC(C)(C)C)NC(C)C1CCN(C)CC1. The van der Waals surface area contributed by atoms with E-state index in [1.165, 1.54) is 25.9 Å². The van der Waals surface area contributed by atoms with Gasteiger partial charge in [-0.15, -0.1) is 0 Å². The summed E-state index contributed by atoms with van der Waals surface area (Å²) in [6.45, 7) is 13.1. The van der Waals surface area contributed by atoms with Gasteiger partial charge in [0, 0.05) is 18.6 Å². The number of nitrogens with one attached hydrogen (secondary N) is 2. The number of likely N-dealkylation sites (tertiary alicyclic amines) is 1. The number of rotatable bonds is 7. The van der Waals surface area contributed by atoms with Gasteiger partial charge in [-0.25, -0.2) is 4.79 Å². The van der Waals surface area contributed by atoms with Crippen LogP contribution in [0.25, 0.3) is 0 Å². The Morgan fingerprint density at radius 2 is 1.91 bits per heavy atom. The smallest absolute Gasteiger partial charge is 0.407 e.